The number of hydrogen-bond acceptors (Lipinski definition) is 5. The van der Waals surface area contributed by atoms with Crippen LogP contribution >= 0.6 is 0 Å². The van der Waals surface area contributed by atoms with Crippen molar-refractivity contribution in [2.24, 2.45) is 17.3 Å². The molecule has 2 amide bonds. The van der Waals surface area contributed by atoms with E-state index in [0.717, 1.165) is 5.56 Å². The summed E-state index contributed by atoms with van der Waals surface area (Å²) in [5.41, 5.74) is -0.891. The molecule has 2 aliphatic heterocycles. The lowest BCUT2D eigenvalue weighted by molar-refractivity contribution is -0.189. The largest absolute Gasteiger partial charge is 0.480 e. The average molecular weight is 436 g/mol. The van der Waals surface area contributed by atoms with Crippen LogP contribution < -0.4 is 0 Å². The highest BCUT2D eigenvalue weighted by molar-refractivity contribution is 6.09. The molecule has 6 atom stereocenters. The van der Waals surface area contributed by atoms with Crippen LogP contribution in [0.15, 0.2) is 53.1 Å². The summed E-state index contributed by atoms with van der Waals surface area (Å²) < 4.78 is 11.0. The average Bonchev–Trinajstić information content (AvgIpc) is 3.35. The van der Waals surface area contributed by atoms with Gasteiger partial charge in [-0.1, -0.05) is 44.2 Å². The van der Waals surface area contributed by atoms with Crippen LogP contribution in [-0.4, -0.2) is 51.2 Å². The fraction of sp³-hybridized carbons (Fsp3) is 0.458. The number of hydrogen-bond donors (Lipinski definition) is 1. The van der Waals surface area contributed by atoms with E-state index in [-0.39, 0.29) is 36.3 Å². The van der Waals surface area contributed by atoms with Crippen molar-refractivity contribution in [2.45, 2.75) is 43.9 Å². The number of carbonyl (C=O) groups is 3. The molecule has 3 heterocycles. The van der Waals surface area contributed by atoms with Crippen molar-refractivity contribution >= 4 is 18.0 Å². The van der Waals surface area contributed by atoms with Gasteiger partial charge in [0.05, 0.1) is 12.3 Å². The first-order valence-electron chi connectivity index (χ1n) is 11.0. The van der Waals surface area contributed by atoms with E-state index >= 15 is 0 Å². The number of carbonyl (C=O) groups excluding carboxylic acids is 2. The minimum absolute atomic E-state index is 0.0731. The quantitative estimate of drug-likeness (QED) is 0.669. The van der Waals surface area contributed by atoms with E-state index in [0.29, 0.717) is 12.2 Å². The summed E-state index contributed by atoms with van der Waals surface area (Å²) in [6.45, 7) is 4.03. The summed E-state index contributed by atoms with van der Waals surface area (Å²) in [7, 11) is 0. The molecular formula is C24H24N2O6. The standard InChI is InChI=1S/C24H24N2O6/c1-13(2)11-15(20(27)28)25-21(29)23-18(17-9-6-10-31-17)19(23)24(23,25)26-16(12-32-22(26)30)14-7-4-3-5-8-14/h3-10,13,15-16,18-19H,11-12H2,1-2H3,(H,27,28)/t15-,16-,18?,19+,23+,24-/m0/s1. The smallest absolute Gasteiger partial charge is 0.412 e. The second kappa shape index (κ2) is 6.15. The van der Waals surface area contributed by atoms with Gasteiger partial charge in [-0.25, -0.2) is 9.59 Å². The van der Waals surface area contributed by atoms with Gasteiger partial charge >= 0.3 is 12.1 Å². The zero-order valence-electron chi connectivity index (χ0n) is 17.8. The minimum Gasteiger partial charge on any atom is -0.480 e. The Balaban J connectivity index is 1.44. The van der Waals surface area contributed by atoms with E-state index in [4.69, 9.17) is 9.15 Å². The number of furan rings is 1. The first-order chi connectivity index (χ1) is 15.4. The number of piperidine rings is 1. The van der Waals surface area contributed by atoms with Gasteiger partial charge in [0.15, 0.2) is 0 Å². The number of cyclic esters (lactones) is 1. The molecule has 166 valence electrons. The molecule has 6 rings (SSSR count). The summed E-state index contributed by atoms with van der Waals surface area (Å²) in [6.07, 6.45) is 1.38. The Hall–Kier alpha value is -3.29. The van der Waals surface area contributed by atoms with Crippen molar-refractivity contribution in [1.29, 1.82) is 0 Å². The number of rotatable bonds is 7. The van der Waals surface area contributed by atoms with Gasteiger partial charge in [-0.2, -0.15) is 0 Å². The SMILES string of the molecule is CC(C)C[C@@H](C(=O)O)N1C(=O)[C@@]23C(c4ccco4)[C@H]2[C@@]13N1C(=O)OC[C@H]1c1ccccc1. The molecule has 2 saturated carbocycles. The Labute approximate surface area is 184 Å². The number of carboxylic acids is 1. The predicted molar refractivity (Wildman–Crippen MR) is 110 cm³/mol. The molecule has 4 fully saturated rings. The van der Waals surface area contributed by atoms with Crippen LogP contribution in [0.4, 0.5) is 4.79 Å². The van der Waals surface area contributed by atoms with E-state index in [9.17, 15) is 19.5 Å². The Morgan fingerprint density at radius 3 is 2.53 bits per heavy atom. The van der Waals surface area contributed by atoms with Crippen LogP contribution in [0.5, 0.6) is 0 Å². The molecule has 1 unspecified atom stereocenters. The highest BCUT2D eigenvalue weighted by Gasteiger charge is 3.12. The number of likely N-dealkylation sites (tertiary alicyclic amines) is 1. The number of amides is 2. The third kappa shape index (κ3) is 2.01. The predicted octanol–water partition coefficient (Wildman–Crippen LogP) is 3.22. The number of aliphatic carboxylic acids is 1. The van der Waals surface area contributed by atoms with Crippen LogP contribution in [0.2, 0.25) is 0 Å². The Morgan fingerprint density at radius 1 is 1.19 bits per heavy atom. The van der Waals surface area contributed by atoms with Crippen LogP contribution in [-0.2, 0) is 14.3 Å². The van der Waals surface area contributed by atoms with Gasteiger partial charge in [-0.3, -0.25) is 9.69 Å². The van der Waals surface area contributed by atoms with E-state index in [1.165, 1.54) is 4.90 Å². The van der Waals surface area contributed by atoms with Gasteiger partial charge in [0, 0.05) is 11.8 Å². The number of benzene rings is 1. The normalized spacial score (nSPS) is 35.2. The van der Waals surface area contributed by atoms with Gasteiger partial charge in [0.2, 0.25) is 5.91 Å². The first kappa shape index (κ1) is 19.4. The van der Waals surface area contributed by atoms with E-state index < -0.39 is 29.2 Å². The maximum atomic E-state index is 13.6. The molecule has 2 saturated heterocycles. The minimum atomic E-state index is -1.05. The molecule has 1 N–H and O–H groups in total. The summed E-state index contributed by atoms with van der Waals surface area (Å²) in [6, 6.07) is 11.8. The van der Waals surface area contributed by atoms with Crippen LogP contribution in [0.1, 0.15) is 43.6 Å². The van der Waals surface area contributed by atoms with E-state index in [2.05, 4.69) is 0 Å². The van der Waals surface area contributed by atoms with Gasteiger partial charge in [-0.15, -0.1) is 0 Å². The third-order valence-electron chi connectivity index (χ3n) is 7.67. The highest BCUT2D eigenvalue weighted by Crippen LogP contribution is 2.98. The Morgan fingerprint density at radius 2 is 1.94 bits per heavy atom. The van der Waals surface area contributed by atoms with Gasteiger partial charge in [0.1, 0.15) is 29.5 Å². The van der Waals surface area contributed by atoms with E-state index in [1.807, 2.05) is 50.2 Å². The number of carboxylic acid groups (broad SMARTS) is 1. The molecule has 1 spiro atoms. The second-order valence-corrected chi connectivity index (χ2v) is 9.60. The molecule has 0 radical (unpaired) electrons. The molecule has 1 aromatic carbocycles. The highest BCUT2D eigenvalue weighted by atomic mass is 16.6. The number of ether oxygens (including phenoxy) is 1. The van der Waals surface area contributed by atoms with Crippen LogP contribution in [0.3, 0.4) is 0 Å². The zero-order chi connectivity index (χ0) is 22.4. The van der Waals surface area contributed by atoms with Gasteiger partial charge in [-0.05, 0) is 30.0 Å². The summed E-state index contributed by atoms with van der Waals surface area (Å²) in [4.78, 5) is 41.9. The molecule has 2 aromatic rings. The molecule has 1 aromatic heterocycles. The Kier molecular flexibility index (Phi) is 3.73. The summed E-state index contributed by atoms with van der Waals surface area (Å²) in [5, 5.41) is 10.0. The molecule has 0 bridgehead atoms. The number of fused-ring (bicyclic) bond motifs is 1. The van der Waals surface area contributed by atoms with Crippen molar-refractivity contribution in [3.05, 3.63) is 60.1 Å². The second-order valence-electron chi connectivity index (χ2n) is 9.60. The molecule has 4 aliphatic rings. The lowest BCUT2D eigenvalue weighted by Crippen LogP contribution is -2.75. The van der Waals surface area contributed by atoms with Crippen molar-refractivity contribution in [1.82, 2.24) is 9.80 Å². The number of β-lactam (4-membered cyclic amide) rings is 1. The lowest BCUT2D eigenvalue weighted by atomic mass is 9.79. The fourth-order valence-electron chi connectivity index (χ4n) is 6.50. The molecule has 8 nitrogen and oxygen atoms in total. The van der Waals surface area contributed by atoms with Crippen molar-refractivity contribution in [3.63, 3.8) is 0 Å². The maximum Gasteiger partial charge on any atom is 0.412 e. The Bertz CT molecular complexity index is 1110. The summed E-state index contributed by atoms with van der Waals surface area (Å²) in [5.74, 6) is -0.810. The summed E-state index contributed by atoms with van der Waals surface area (Å²) >= 11 is 0. The topological polar surface area (TPSA) is 100 Å². The number of nitrogens with zero attached hydrogens (tertiary/aromatic N) is 2. The van der Waals surface area contributed by atoms with Gasteiger partial charge in [0.25, 0.3) is 0 Å². The fourth-order valence-corrected chi connectivity index (χ4v) is 6.50. The lowest BCUT2D eigenvalue weighted by Gasteiger charge is -2.56. The molecule has 32 heavy (non-hydrogen) atoms. The molecular weight excluding hydrogens is 412 g/mol. The third-order valence-corrected chi connectivity index (χ3v) is 7.67. The first-order valence-corrected chi connectivity index (χ1v) is 11.0. The zero-order valence-corrected chi connectivity index (χ0v) is 17.8. The van der Waals surface area contributed by atoms with Crippen molar-refractivity contribution < 1.29 is 28.6 Å². The maximum absolute atomic E-state index is 13.6. The van der Waals surface area contributed by atoms with Crippen LogP contribution in [0.25, 0.3) is 0 Å². The van der Waals surface area contributed by atoms with Gasteiger partial charge < -0.3 is 19.2 Å². The van der Waals surface area contributed by atoms with Crippen molar-refractivity contribution in [2.75, 3.05) is 6.61 Å². The molecule has 2 aliphatic carbocycles. The van der Waals surface area contributed by atoms with Crippen LogP contribution in [0, 0.1) is 17.3 Å². The van der Waals surface area contributed by atoms with Crippen molar-refractivity contribution in [3.8, 4) is 0 Å². The van der Waals surface area contributed by atoms with E-state index in [1.54, 1.807) is 17.2 Å². The monoisotopic (exact) mass is 436 g/mol. The molecule has 8 heteroatoms.